The minimum absolute atomic E-state index is 0.0331. The van der Waals surface area contributed by atoms with E-state index in [0.717, 1.165) is 25.8 Å². The minimum atomic E-state index is -0.761. The number of likely N-dealkylation sites (tertiary alicyclic amines) is 2. The van der Waals surface area contributed by atoms with Crippen LogP contribution in [0.25, 0.3) is 0 Å². The van der Waals surface area contributed by atoms with Crippen LogP contribution in [0.15, 0.2) is 11.6 Å². The first kappa shape index (κ1) is 39.2. The molecule has 0 bridgehead atoms. The Labute approximate surface area is 277 Å². The quantitative estimate of drug-likeness (QED) is 0.259. The molecule has 2 saturated heterocycles. The van der Waals surface area contributed by atoms with Gasteiger partial charge in [-0.15, -0.1) is 0 Å². The van der Waals surface area contributed by atoms with Crippen molar-refractivity contribution in [3.05, 3.63) is 11.6 Å². The van der Waals surface area contributed by atoms with Crippen LogP contribution in [0, 0.1) is 11.3 Å². The van der Waals surface area contributed by atoms with Gasteiger partial charge in [0.05, 0.1) is 12.1 Å². The van der Waals surface area contributed by atoms with Crippen molar-refractivity contribution < 1.29 is 28.7 Å². The number of esters is 1. The van der Waals surface area contributed by atoms with Gasteiger partial charge in [-0.1, -0.05) is 47.1 Å². The van der Waals surface area contributed by atoms with Crippen LogP contribution in [0.2, 0.25) is 0 Å². The second-order valence-electron chi connectivity index (χ2n) is 15.6. The molecule has 0 radical (unpaired) electrons. The number of carbonyl (C=O) groups excluding carboxylic acids is 5. The fraction of sp³-hybridized carbons (Fsp3) is 0.800. The summed E-state index contributed by atoms with van der Waals surface area (Å²) in [5, 5.41) is 5.73. The summed E-state index contributed by atoms with van der Waals surface area (Å²) in [6, 6.07) is -1.93. The number of amides is 4. The van der Waals surface area contributed by atoms with E-state index in [1.54, 1.807) is 45.7 Å². The molecule has 4 atom stereocenters. The first-order valence-electron chi connectivity index (χ1n) is 17.0. The molecule has 2 aliphatic heterocycles. The molecular formula is C35H61N5O6. The Morgan fingerprint density at radius 3 is 2.04 bits per heavy atom. The molecule has 0 aliphatic carbocycles. The van der Waals surface area contributed by atoms with Gasteiger partial charge in [0, 0.05) is 25.2 Å². The van der Waals surface area contributed by atoms with E-state index in [4.69, 9.17) is 4.74 Å². The fourth-order valence-electron chi connectivity index (χ4n) is 6.33. The normalized spacial score (nSPS) is 21.2. The molecule has 46 heavy (non-hydrogen) atoms. The topological polar surface area (TPSA) is 128 Å². The molecule has 2 fully saturated rings. The molecule has 2 rings (SSSR count). The number of carbonyl (C=O) groups is 5. The summed E-state index contributed by atoms with van der Waals surface area (Å²) in [6.45, 7) is 22.0. The van der Waals surface area contributed by atoms with E-state index < -0.39 is 41.0 Å². The monoisotopic (exact) mass is 647 g/mol. The van der Waals surface area contributed by atoms with Crippen molar-refractivity contribution in [2.24, 2.45) is 11.3 Å². The number of piperidine rings is 1. The summed E-state index contributed by atoms with van der Waals surface area (Å²) in [6.07, 6.45) is 5.75. The first-order chi connectivity index (χ1) is 21.2. The Balaban J connectivity index is 2.21. The molecule has 4 amide bonds. The van der Waals surface area contributed by atoms with Gasteiger partial charge in [-0.25, -0.2) is 0 Å². The molecular weight excluding hydrogens is 586 g/mol. The lowest BCUT2D eigenvalue weighted by atomic mass is 9.84. The molecule has 262 valence electrons. The SMILES string of the molecule is C/C(=C\C(C(C)C)N(C)C(=O)[C@@H](NC(=O)[C@H]1CCCCN1C(C)C)C(C)(C)C)C(=O)N1CCC[C@H]1C(=O)NCC(=O)OC(C)(C)C. The number of nitrogens with one attached hydrogen (secondary N) is 2. The van der Waals surface area contributed by atoms with Crippen molar-refractivity contribution in [2.45, 2.75) is 144 Å². The number of likely N-dealkylation sites (N-methyl/N-ethyl adjacent to an activating group) is 1. The molecule has 0 aromatic carbocycles. The van der Waals surface area contributed by atoms with Gasteiger partial charge in [-0.2, -0.15) is 0 Å². The predicted octanol–water partition coefficient (Wildman–Crippen LogP) is 3.66. The highest BCUT2D eigenvalue weighted by atomic mass is 16.6. The van der Waals surface area contributed by atoms with Crippen LogP contribution in [-0.4, -0.2) is 107 Å². The molecule has 0 saturated carbocycles. The van der Waals surface area contributed by atoms with E-state index >= 15 is 0 Å². The highest BCUT2D eigenvalue weighted by Crippen LogP contribution is 2.27. The van der Waals surface area contributed by atoms with Gasteiger partial charge in [0.15, 0.2) is 0 Å². The molecule has 1 unspecified atom stereocenters. The Bertz CT molecular complexity index is 1140. The third-order valence-electron chi connectivity index (χ3n) is 8.79. The van der Waals surface area contributed by atoms with Crippen LogP contribution in [0.3, 0.4) is 0 Å². The number of ether oxygens (including phenoxy) is 1. The summed E-state index contributed by atoms with van der Waals surface area (Å²) in [4.78, 5) is 71.9. The maximum absolute atomic E-state index is 14.1. The zero-order chi connectivity index (χ0) is 35.1. The summed E-state index contributed by atoms with van der Waals surface area (Å²) in [7, 11) is 1.72. The van der Waals surface area contributed by atoms with Crippen LogP contribution in [0.4, 0.5) is 0 Å². The predicted molar refractivity (Wildman–Crippen MR) is 180 cm³/mol. The number of hydrogen-bond acceptors (Lipinski definition) is 7. The van der Waals surface area contributed by atoms with Gasteiger partial charge >= 0.3 is 5.97 Å². The molecule has 2 heterocycles. The Morgan fingerprint density at radius 2 is 1.50 bits per heavy atom. The Hall–Kier alpha value is -2.95. The highest BCUT2D eigenvalue weighted by molar-refractivity contribution is 5.97. The second-order valence-corrected chi connectivity index (χ2v) is 15.6. The molecule has 11 heteroatoms. The molecule has 11 nitrogen and oxygen atoms in total. The maximum Gasteiger partial charge on any atom is 0.325 e. The van der Waals surface area contributed by atoms with Crippen molar-refractivity contribution in [3.63, 3.8) is 0 Å². The van der Waals surface area contributed by atoms with Crippen molar-refractivity contribution in [1.29, 1.82) is 0 Å². The van der Waals surface area contributed by atoms with E-state index in [-0.39, 0.29) is 42.3 Å². The van der Waals surface area contributed by atoms with Gasteiger partial charge in [-0.05, 0) is 85.1 Å². The number of hydrogen-bond donors (Lipinski definition) is 2. The Morgan fingerprint density at radius 1 is 0.891 bits per heavy atom. The van der Waals surface area contributed by atoms with Crippen LogP contribution >= 0.6 is 0 Å². The van der Waals surface area contributed by atoms with Crippen LogP contribution < -0.4 is 10.6 Å². The Kier molecular flexibility index (Phi) is 13.9. The van der Waals surface area contributed by atoms with Gasteiger partial charge < -0.3 is 25.2 Å². The molecule has 2 aliphatic rings. The lowest BCUT2D eigenvalue weighted by Gasteiger charge is -2.41. The second kappa shape index (κ2) is 16.2. The minimum Gasteiger partial charge on any atom is -0.459 e. The van der Waals surface area contributed by atoms with Crippen LogP contribution in [0.5, 0.6) is 0 Å². The maximum atomic E-state index is 14.1. The number of nitrogens with zero attached hydrogens (tertiary/aromatic N) is 3. The van der Waals surface area contributed by atoms with E-state index in [2.05, 4.69) is 29.4 Å². The lowest BCUT2D eigenvalue weighted by molar-refractivity contribution is -0.154. The average molecular weight is 648 g/mol. The van der Waals surface area contributed by atoms with Crippen molar-refractivity contribution in [2.75, 3.05) is 26.7 Å². The first-order valence-corrected chi connectivity index (χ1v) is 17.0. The standard InChI is InChI=1S/C35H61N5O6/c1-22(2)27(20-24(5)32(44)40-19-15-17-25(40)30(42)36-21-28(41)46-35(9,10)11)38(12)33(45)29(34(6,7)8)37-31(43)26-16-13-14-18-39(26)23(3)4/h20,22-23,25-27,29H,13-19,21H2,1-12H3,(H,36,42)(H,37,43)/b24-20+/t25-,26+,27?,29+/m0/s1. The van der Waals surface area contributed by atoms with E-state index in [1.165, 1.54) is 4.90 Å². The van der Waals surface area contributed by atoms with Crippen molar-refractivity contribution in [3.8, 4) is 0 Å². The lowest BCUT2D eigenvalue weighted by Crippen LogP contribution is -2.60. The van der Waals surface area contributed by atoms with Gasteiger partial charge in [-0.3, -0.25) is 28.9 Å². The highest BCUT2D eigenvalue weighted by Gasteiger charge is 2.40. The third kappa shape index (κ3) is 10.8. The third-order valence-corrected chi connectivity index (χ3v) is 8.79. The largest absolute Gasteiger partial charge is 0.459 e. The van der Waals surface area contributed by atoms with Crippen molar-refractivity contribution >= 4 is 29.6 Å². The van der Waals surface area contributed by atoms with Crippen molar-refractivity contribution in [1.82, 2.24) is 25.3 Å². The van der Waals surface area contributed by atoms with Crippen LogP contribution in [-0.2, 0) is 28.7 Å². The average Bonchev–Trinajstić information content (AvgIpc) is 3.44. The molecule has 0 spiro atoms. The van der Waals surface area contributed by atoms with Gasteiger partial charge in [0.25, 0.3) is 0 Å². The smallest absolute Gasteiger partial charge is 0.325 e. The van der Waals surface area contributed by atoms with Gasteiger partial charge in [0.2, 0.25) is 23.6 Å². The van der Waals surface area contributed by atoms with E-state index in [1.807, 2.05) is 34.6 Å². The zero-order valence-electron chi connectivity index (χ0n) is 30.5. The fourth-order valence-corrected chi connectivity index (χ4v) is 6.33. The summed E-state index contributed by atoms with van der Waals surface area (Å²) < 4.78 is 5.27. The van der Waals surface area contributed by atoms with Crippen LogP contribution in [0.1, 0.15) is 108 Å². The zero-order valence-corrected chi connectivity index (χ0v) is 30.5. The number of rotatable bonds is 11. The summed E-state index contributed by atoms with van der Waals surface area (Å²) >= 11 is 0. The summed E-state index contributed by atoms with van der Waals surface area (Å²) in [5.41, 5.74) is -0.788. The van der Waals surface area contributed by atoms with Gasteiger partial charge in [0.1, 0.15) is 24.2 Å². The molecule has 2 N–H and O–H groups in total. The van der Waals surface area contributed by atoms with E-state index in [9.17, 15) is 24.0 Å². The summed E-state index contributed by atoms with van der Waals surface area (Å²) in [5.74, 6) is -1.59. The molecule has 0 aromatic heterocycles. The van der Waals surface area contributed by atoms with E-state index in [0.29, 0.717) is 25.0 Å². The molecule has 0 aromatic rings.